The third kappa shape index (κ3) is 1.46. The van der Waals surface area contributed by atoms with E-state index in [2.05, 4.69) is 9.97 Å². The van der Waals surface area contributed by atoms with Gasteiger partial charge in [0.15, 0.2) is 0 Å². The number of H-pyrrole nitrogens is 1. The number of carboxylic acids is 1. The van der Waals surface area contributed by atoms with Gasteiger partial charge >= 0.3 is 5.97 Å². The van der Waals surface area contributed by atoms with Gasteiger partial charge < -0.3 is 10.1 Å². The standard InChI is InChI=1S/C8H6N2O2S/c11-8(12)6-2-1-5(10-6)7-3-9-4-13-7/h1-4,10H,(H,11,12). The van der Waals surface area contributed by atoms with Gasteiger partial charge in [-0.05, 0) is 12.1 Å². The van der Waals surface area contributed by atoms with Crippen LogP contribution >= 0.6 is 11.3 Å². The van der Waals surface area contributed by atoms with Crippen LogP contribution < -0.4 is 0 Å². The predicted octanol–water partition coefficient (Wildman–Crippen LogP) is 1.84. The van der Waals surface area contributed by atoms with Crippen molar-refractivity contribution in [1.29, 1.82) is 0 Å². The van der Waals surface area contributed by atoms with Gasteiger partial charge in [0.25, 0.3) is 0 Å². The monoisotopic (exact) mass is 194 g/mol. The van der Waals surface area contributed by atoms with Gasteiger partial charge in [-0.2, -0.15) is 0 Å². The largest absolute Gasteiger partial charge is 0.477 e. The molecule has 0 unspecified atom stereocenters. The van der Waals surface area contributed by atoms with E-state index in [1.807, 2.05) is 0 Å². The number of carboxylic acid groups (broad SMARTS) is 1. The Morgan fingerprint density at radius 1 is 1.54 bits per heavy atom. The molecule has 66 valence electrons. The highest BCUT2D eigenvalue weighted by Gasteiger charge is 2.07. The zero-order valence-electron chi connectivity index (χ0n) is 6.52. The number of aromatic amines is 1. The molecule has 2 rings (SSSR count). The van der Waals surface area contributed by atoms with Crippen LogP contribution in [0.3, 0.4) is 0 Å². The first-order valence-corrected chi connectivity index (χ1v) is 4.46. The van der Waals surface area contributed by atoms with Crippen molar-refractivity contribution < 1.29 is 9.90 Å². The summed E-state index contributed by atoms with van der Waals surface area (Å²) >= 11 is 1.47. The van der Waals surface area contributed by atoms with Gasteiger partial charge in [-0.25, -0.2) is 4.79 Å². The highest BCUT2D eigenvalue weighted by molar-refractivity contribution is 7.13. The highest BCUT2D eigenvalue weighted by Crippen LogP contribution is 2.21. The number of nitrogens with one attached hydrogen (secondary N) is 1. The number of carbonyl (C=O) groups is 1. The van der Waals surface area contributed by atoms with Gasteiger partial charge in [0.05, 0.1) is 16.1 Å². The van der Waals surface area contributed by atoms with Crippen LogP contribution in [0.1, 0.15) is 10.5 Å². The quantitative estimate of drug-likeness (QED) is 0.766. The van der Waals surface area contributed by atoms with E-state index in [0.717, 1.165) is 10.6 Å². The summed E-state index contributed by atoms with van der Waals surface area (Å²) in [6.45, 7) is 0. The Labute approximate surface area is 77.9 Å². The molecule has 4 nitrogen and oxygen atoms in total. The lowest BCUT2D eigenvalue weighted by Crippen LogP contribution is -1.95. The summed E-state index contributed by atoms with van der Waals surface area (Å²) in [5.41, 5.74) is 2.69. The molecule has 5 heteroatoms. The van der Waals surface area contributed by atoms with Crippen LogP contribution in [0.2, 0.25) is 0 Å². The van der Waals surface area contributed by atoms with Crippen molar-refractivity contribution in [1.82, 2.24) is 9.97 Å². The predicted molar refractivity (Wildman–Crippen MR) is 48.9 cm³/mol. The number of hydrogen-bond acceptors (Lipinski definition) is 3. The molecule has 0 aliphatic rings. The molecule has 0 aliphatic heterocycles. The maximum absolute atomic E-state index is 10.5. The fourth-order valence-corrected chi connectivity index (χ4v) is 1.62. The fraction of sp³-hybridized carbons (Fsp3) is 0. The summed E-state index contributed by atoms with van der Waals surface area (Å²) < 4.78 is 0. The van der Waals surface area contributed by atoms with Gasteiger partial charge in [0.2, 0.25) is 0 Å². The lowest BCUT2D eigenvalue weighted by atomic mass is 10.4. The molecule has 0 fully saturated rings. The molecule has 0 spiro atoms. The Hall–Kier alpha value is -1.62. The number of hydrogen-bond donors (Lipinski definition) is 2. The Balaban J connectivity index is 2.39. The number of nitrogens with zero attached hydrogens (tertiary/aromatic N) is 1. The summed E-state index contributed by atoms with van der Waals surface area (Å²) in [4.78, 5) is 18.2. The van der Waals surface area contributed by atoms with E-state index in [1.165, 1.54) is 17.4 Å². The molecular weight excluding hydrogens is 188 g/mol. The highest BCUT2D eigenvalue weighted by atomic mass is 32.1. The molecule has 2 aromatic heterocycles. The topological polar surface area (TPSA) is 66.0 Å². The molecule has 13 heavy (non-hydrogen) atoms. The smallest absolute Gasteiger partial charge is 0.352 e. The molecule has 0 bridgehead atoms. The first-order chi connectivity index (χ1) is 6.27. The van der Waals surface area contributed by atoms with Gasteiger partial charge in [0.1, 0.15) is 5.69 Å². The Bertz CT molecular complexity index is 419. The first-order valence-electron chi connectivity index (χ1n) is 3.58. The third-order valence-electron chi connectivity index (χ3n) is 1.61. The van der Waals surface area contributed by atoms with E-state index in [1.54, 1.807) is 17.8 Å². The van der Waals surface area contributed by atoms with Crippen molar-refractivity contribution in [2.24, 2.45) is 0 Å². The normalized spacial score (nSPS) is 10.2. The minimum atomic E-state index is -0.948. The SMILES string of the molecule is O=C(O)c1ccc(-c2cncs2)[nH]1. The number of thiazole rings is 1. The van der Waals surface area contributed by atoms with E-state index in [4.69, 9.17) is 5.11 Å². The first kappa shape index (κ1) is 8.00. The van der Waals surface area contributed by atoms with Crippen LogP contribution in [-0.4, -0.2) is 21.0 Å². The fourth-order valence-electron chi connectivity index (χ4n) is 1.01. The van der Waals surface area contributed by atoms with Gasteiger partial charge in [0, 0.05) is 6.20 Å². The molecule has 2 N–H and O–H groups in total. The Kier molecular flexibility index (Phi) is 1.86. The summed E-state index contributed by atoms with van der Waals surface area (Å²) in [5.74, 6) is -0.948. The molecule has 0 saturated heterocycles. The van der Waals surface area contributed by atoms with Crippen molar-refractivity contribution in [3.63, 3.8) is 0 Å². The van der Waals surface area contributed by atoms with E-state index in [0.29, 0.717) is 0 Å². The second kappa shape index (κ2) is 3.02. The van der Waals surface area contributed by atoms with Crippen molar-refractivity contribution in [3.8, 4) is 10.6 Å². The molecule has 0 amide bonds. The Morgan fingerprint density at radius 3 is 2.92 bits per heavy atom. The number of rotatable bonds is 2. The van der Waals surface area contributed by atoms with Crippen LogP contribution in [0.5, 0.6) is 0 Å². The summed E-state index contributed by atoms with van der Waals surface area (Å²) in [6.07, 6.45) is 1.70. The zero-order chi connectivity index (χ0) is 9.26. The number of aromatic carboxylic acids is 1. The van der Waals surface area contributed by atoms with E-state index in [9.17, 15) is 4.79 Å². The summed E-state index contributed by atoms with van der Waals surface area (Å²) in [5, 5.41) is 8.65. The van der Waals surface area contributed by atoms with Crippen LogP contribution in [0.4, 0.5) is 0 Å². The average molecular weight is 194 g/mol. The molecule has 0 saturated carbocycles. The summed E-state index contributed by atoms with van der Waals surface area (Å²) in [7, 11) is 0. The lowest BCUT2D eigenvalue weighted by molar-refractivity contribution is 0.0691. The minimum Gasteiger partial charge on any atom is -0.477 e. The number of aromatic nitrogens is 2. The second-order valence-electron chi connectivity index (χ2n) is 2.46. The van der Waals surface area contributed by atoms with E-state index in [-0.39, 0.29) is 5.69 Å². The third-order valence-corrected chi connectivity index (χ3v) is 2.42. The lowest BCUT2D eigenvalue weighted by Gasteiger charge is -1.89. The molecule has 0 aliphatic carbocycles. The Morgan fingerprint density at radius 2 is 2.38 bits per heavy atom. The maximum atomic E-state index is 10.5. The van der Waals surface area contributed by atoms with Gasteiger partial charge in [-0.1, -0.05) is 0 Å². The molecule has 2 aromatic rings. The van der Waals surface area contributed by atoms with Gasteiger partial charge in [-0.15, -0.1) is 11.3 Å². The minimum absolute atomic E-state index is 0.198. The van der Waals surface area contributed by atoms with Crippen molar-refractivity contribution in [3.05, 3.63) is 29.5 Å². The molecule has 0 atom stereocenters. The second-order valence-corrected chi connectivity index (χ2v) is 3.34. The van der Waals surface area contributed by atoms with Crippen LogP contribution in [-0.2, 0) is 0 Å². The van der Waals surface area contributed by atoms with Gasteiger partial charge in [-0.3, -0.25) is 4.98 Å². The molecule has 2 heterocycles. The van der Waals surface area contributed by atoms with Crippen LogP contribution in [0, 0.1) is 0 Å². The summed E-state index contributed by atoms with van der Waals surface area (Å²) in [6, 6.07) is 3.27. The molecule has 0 aromatic carbocycles. The van der Waals surface area contributed by atoms with Crippen LogP contribution in [0.15, 0.2) is 23.8 Å². The van der Waals surface area contributed by atoms with E-state index >= 15 is 0 Å². The molecule has 0 radical (unpaired) electrons. The van der Waals surface area contributed by atoms with Crippen LogP contribution in [0.25, 0.3) is 10.6 Å². The zero-order valence-corrected chi connectivity index (χ0v) is 7.34. The molecular formula is C8H6N2O2S. The van der Waals surface area contributed by atoms with E-state index < -0.39 is 5.97 Å². The van der Waals surface area contributed by atoms with Crippen molar-refractivity contribution in [2.75, 3.05) is 0 Å². The average Bonchev–Trinajstić information content (AvgIpc) is 2.75. The van der Waals surface area contributed by atoms with Crippen molar-refractivity contribution in [2.45, 2.75) is 0 Å². The van der Waals surface area contributed by atoms with Crippen molar-refractivity contribution >= 4 is 17.3 Å². The maximum Gasteiger partial charge on any atom is 0.352 e.